The van der Waals surface area contributed by atoms with E-state index in [1.54, 1.807) is 17.2 Å². The summed E-state index contributed by atoms with van der Waals surface area (Å²) in [5.74, 6) is 0.887. The summed E-state index contributed by atoms with van der Waals surface area (Å²) in [5.41, 5.74) is 2.53. The van der Waals surface area contributed by atoms with E-state index in [-0.39, 0.29) is 5.91 Å². The number of fused-ring (bicyclic) bond motifs is 3. The molecule has 3 heterocycles. The van der Waals surface area contributed by atoms with Crippen molar-refractivity contribution >= 4 is 23.4 Å². The van der Waals surface area contributed by atoms with Gasteiger partial charge in [-0.1, -0.05) is 49.0 Å². The van der Waals surface area contributed by atoms with Crippen LogP contribution < -0.4 is 9.64 Å². The van der Waals surface area contributed by atoms with E-state index in [2.05, 4.69) is 26.7 Å². The molecule has 8 heteroatoms. The first-order valence-electron chi connectivity index (χ1n) is 9.20. The highest BCUT2D eigenvalue weighted by atomic mass is 32.2. The fourth-order valence-corrected chi connectivity index (χ4v) is 3.58. The molecule has 29 heavy (non-hydrogen) atoms. The lowest BCUT2D eigenvalue weighted by molar-refractivity contribution is -0.120. The largest absolute Gasteiger partial charge is 0.445 e. The third kappa shape index (κ3) is 3.71. The van der Waals surface area contributed by atoms with Gasteiger partial charge in [0.25, 0.3) is 0 Å². The number of nitrogens with zero attached hydrogens (tertiary/aromatic N) is 5. The summed E-state index contributed by atoms with van der Waals surface area (Å²) >= 11 is 1.41. The van der Waals surface area contributed by atoms with Crippen molar-refractivity contribution in [3.05, 3.63) is 67.0 Å². The second-order valence-corrected chi connectivity index (χ2v) is 7.19. The van der Waals surface area contributed by atoms with Gasteiger partial charge in [-0.15, -0.1) is 16.8 Å². The number of hydrogen-bond donors (Lipinski definition) is 0. The first-order chi connectivity index (χ1) is 14.2. The predicted octanol–water partition coefficient (Wildman–Crippen LogP) is 4.05. The van der Waals surface area contributed by atoms with Crippen LogP contribution in [0, 0.1) is 0 Å². The smallest absolute Gasteiger partial charge is 0.247 e. The van der Waals surface area contributed by atoms with Crippen LogP contribution in [0.25, 0.3) is 11.3 Å². The zero-order chi connectivity index (χ0) is 20.2. The predicted molar refractivity (Wildman–Crippen MR) is 112 cm³/mol. The number of ether oxygens (including phenoxy) is 1. The average molecular weight is 405 g/mol. The van der Waals surface area contributed by atoms with Crippen molar-refractivity contribution in [2.45, 2.75) is 24.7 Å². The Morgan fingerprint density at radius 2 is 2.07 bits per heavy atom. The maximum absolute atomic E-state index is 13.0. The minimum atomic E-state index is -0.764. The van der Waals surface area contributed by atoms with Crippen LogP contribution in [0.3, 0.4) is 0 Å². The molecule has 4 rings (SSSR count). The zero-order valence-corrected chi connectivity index (χ0v) is 16.7. The standard InChI is InChI=1S/C21H19N5O2S/c1-3-13-29-21-23-19-18(24-25-21)14-9-5-6-11-16(14)26(17(27)4-2)20(28-19)15-10-7-8-12-22-15/h3,5-12,20H,1,4,13H2,2H3/t20-/m0/s1. The summed E-state index contributed by atoms with van der Waals surface area (Å²) in [4.78, 5) is 23.6. The van der Waals surface area contributed by atoms with Crippen LogP contribution in [-0.2, 0) is 4.79 Å². The molecule has 0 bridgehead atoms. The molecule has 0 saturated heterocycles. The van der Waals surface area contributed by atoms with Crippen molar-refractivity contribution in [3.8, 4) is 17.1 Å². The van der Waals surface area contributed by atoms with Gasteiger partial charge >= 0.3 is 0 Å². The van der Waals surface area contributed by atoms with E-state index in [9.17, 15) is 4.79 Å². The van der Waals surface area contributed by atoms with E-state index >= 15 is 0 Å². The van der Waals surface area contributed by atoms with Crippen molar-refractivity contribution < 1.29 is 9.53 Å². The molecule has 0 aliphatic carbocycles. The Bertz CT molecular complexity index is 1040. The first-order valence-corrected chi connectivity index (χ1v) is 10.2. The molecule has 0 fully saturated rings. The molecule has 1 amide bonds. The fourth-order valence-electron chi connectivity index (χ4n) is 3.06. The van der Waals surface area contributed by atoms with Crippen LogP contribution in [-0.4, -0.2) is 31.8 Å². The number of thioether (sulfide) groups is 1. The summed E-state index contributed by atoms with van der Waals surface area (Å²) in [7, 11) is 0. The van der Waals surface area contributed by atoms with Crippen molar-refractivity contribution in [3.63, 3.8) is 0 Å². The van der Waals surface area contributed by atoms with Crippen LogP contribution in [0.4, 0.5) is 5.69 Å². The summed E-state index contributed by atoms with van der Waals surface area (Å²) < 4.78 is 6.27. The second-order valence-electron chi connectivity index (χ2n) is 6.21. The van der Waals surface area contributed by atoms with Crippen molar-refractivity contribution in [2.24, 2.45) is 0 Å². The lowest BCUT2D eigenvalue weighted by Gasteiger charge is -2.29. The number of rotatable bonds is 5. The van der Waals surface area contributed by atoms with Gasteiger partial charge in [0.05, 0.1) is 5.69 Å². The summed E-state index contributed by atoms with van der Waals surface area (Å²) in [6.45, 7) is 5.54. The van der Waals surface area contributed by atoms with Gasteiger partial charge in [-0.25, -0.2) is 0 Å². The Kier molecular flexibility index (Phi) is 5.53. The molecule has 0 N–H and O–H groups in total. The number of carbonyl (C=O) groups excluding carboxylic acids is 1. The maximum Gasteiger partial charge on any atom is 0.247 e. The number of hydrogen-bond acceptors (Lipinski definition) is 7. The van der Waals surface area contributed by atoms with Crippen LogP contribution >= 0.6 is 11.8 Å². The Labute approximate surface area is 172 Å². The van der Waals surface area contributed by atoms with E-state index in [4.69, 9.17) is 4.74 Å². The Hall–Kier alpha value is -3.26. The first kappa shape index (κ1) is 19.1. The summed E-state index contributed by atoms with van der Waals surface area (Å²) in [6.07, 6.45) is 3.00. The van der Waals surface area contributed by atoms with E-state index in [1.807, 2.05) is 49.4 Å². The number of pyridine rings is 1. The van der Waals surface area contributed by atoms with Gasteiger partial charge in [0.15, 0.2) is 5.69 Å². The van der Waals surface area contributed by atoms with Crippen LogP contribution in [0.5, 0.6) is 5.88 Å². The third-order valence-electron chi connectivity index (χ3n) is 4.35. The zero-order valence-electron chi connectivity index (χ0n) is 15.9. The maximum atomic E-state index is 13.0. The molecule has 0 radical (unpaired) electrons. The van der Waals surface area contributed by atoms with Crippen molar-refractivity contribution in [1.29, 1.82) is 0 Å². The van der Waals surface area contributed by atoms with Crippen molar-refractivity contribution in [2.75, 3.05) is 10.7 Å². The number of carbonyl (C=O) groups is 1. The Balaban J connectivity index is 1.91. The lowest BCUT2D eigenvalue weighted by Crippen LogP contribution is -2.37. The highest BCUT2D eigenvalue weighted by molar-refractivity contribution is 7.99. The molecule has 1 aliphatic heterocycles. The number of anilines is 1. The van der Waals surface area contributed by atoms with E-state index in [0.29, 0.717) is 40.3 Å². The fraction of sp³-hybridized carbons (Fsp3) is 0.190. The van der Waals surface area contributed by atoms with Gasteiger partial charge < -0.3 is 4.74 Å². The minimum Gasteiger partial charge on any atom is -0.445 e. The molecule has 1 aliphatic rings. The number of aromatic nitrogens is 4. The molecular formula is C21H19N5O2S. The molecule has 3 aromatic rings. The third-order valence-corrected chi connectivity index (χ3v) is 5.19. The topological polar surface area (TPSA) is 81.1 Å². The molecule has 0 spiro atoms. The molecule has 0 unspecified atom stereocenters. The van der Waals surface area contributed by atoms with Gasteiger partial charge in [-0.3, -0.25) is 14.7 Å². The van der Waals surface area contributed by atoms with Crippen molar-refractivity contribution in [1.82, 2.24) is 20.2 Å². The van der Waals surface area contributed by atoms with Crippen LogP contribution in [0.2, 0.25) is 0 Å². The average Bonchev–Trinajstić information content (AvgIpc) is 2.92. The van der Waals surface area contributed by atoms with Gasteiger partial charge in [0.1, 0.15) is 5.69 Å². The number of para-hydroxylation sites is 1. The van der Waals surface area contributed by atoms with E-state index in [1.165, 1.54) is 11.8 Å². The van der Waals surface area contributed by atoms with Gasteiger partial charge in [-0.05, 0) is 18.2 Å². The van der Waals surface area contributed by atoms with Crippen LogP contribution in [0.15, 0.2) is 66.5 Å². The monoisotopic (exact) mass is 405 g/mol. The number of benzene rings is 1. The molecule has 146 valence electrons. The summed E-state index contributed by atoms with van der Waals surface area (Å²) in [5, 5.41) is 9.07. The minimum absolute atomic E-state index is 0.0878. The molecule has 2 aromatic heterocycles. The SMILES string of the molecule is C=CCSc1nnc2c(n1)O[C@@H](c1ccccn1)N(C(=O)CC)c1ccccc1-2. The molecule has 7 nitrogen and oxygen atoms in total. The highest BCUT2D eigenvalue weighted by Gasteiger charge is 2.35. The van der Waals surface area contributed by atoms with Crippen LogP contribution in [0.1, 0.15) is 25.3 Å². The van der Waals surface area contributed by atoms with Gasteiger partial charge in [0, 0.05) is 23.9 Å². The Morgan fingerprint density at radius 1 is 1.24 bits per heavy atom. The highest BCUT2D eigenvalue weighted by Crippen LogP contribution is 2.43. The second kappa shape index (κ2) is 8.40. The molecular weight excluding hydrogens is 386 g/mol. The summed E-state index contributed by atoms with van der Waals surface area (Å²) in [6, 6.07) is 13.0. The molecule has 1 aromatic carbocycles. The van der Waals surface area contributed by atoms with Gasteiger partial charge in [-0.2, -0.15) is 4.98 Å². The van der Waals surface area contributed by atoms with Gasteiger partial charge in [0.2, 0.25) is 23.2 Å². The Morgan fingerprint density at radius 3 is 2.83 bits per heavy atom. The quantitative estimate of drug-likeness (QED) is 0.468. The molecule has 1 atom stereocenters. The molecule has 0 saturated carbocycles. The number of amides is 1. The van der Waals surface area contributed by atoms with E-state index in [0.717, 1.165) is 5.56 Å². The van der Waals surface area contributed by atoms with E-state index < -0.39 is 6.23 Å². The normalized spacial score (nSPS) is 14.9. The lowest BCUT2D eigenvalue weighted by atomic mass is 10.1.